The van der Waals surface area contributed by atoms with E-state index >= 15 is 0 Å². The second-order valence-electron chi connectivity index (χ2n) is 5.20. The molecule has 0 bridgehead atoms. The highest BCUT2D eigenvalue weighted by atomic mass is 19.2. The van der Waals surface area contributed by atoms with Crippen molar-refractivity contribution < 1.29 is 18.6 Å². The Labute approximate surface area is 120 Å². The van der Waals surface area contributed by atoms with E-state index in [0.29, 0.717) is 37.3 Å². The average Bonchev–Trinajstić information content (AvgIpc) is 3.10. The van der Waals surface area contributed by atoms with Crippen LogP contribution in [0.15, 0.2) is 24.4 Å². The second-order valence-corrected chi connectivity index (χ2v) is 5.20. The zero-order valence-corrected chi connectivity index (χ0v) is 11.3. The third-order valence-electron chi connectivity index (χ3n) is 3.63. The highest BCUT2D eigenvalue weighted by molar-refractivity contribution is 5.18. The molecule has 112 valence electrons. The van der Waals surface area contributed by atoms with Gasteiger partial charge in [0.15, 0.2) is 11.6 Å². The van der Waals surface area contributed by atoms with E-state index in [1.807, 2.05) is 0 Å². The monoisotopic (exact) mass is 295 g/mol. The normalized spacial score (nSPS) is 21.9. The van der Waals surface area contributed by atoms with Crippen LogP contribution < -0.4 is 0 Å². The first-order valence-electron chi connectivity index (χ1n) is 6.71. The SMILES string of the molecule is OC1(c2cn(CCc3ccc(F)c(F)c3)nn2)CCOC1. The number of aromatic nitrogens is 3. The standard InChI is InChI=1S/C14H15F2N3O2/c15-11-2-1-10(7-12(11)16)3-5-19-8-13(17-18-19)14(20)4-6-21-9-14/h1-2,7-8,20H,3-6,9H2. The van der Waals surface area contributed by atoms with Gasteiger partial charge in [0.1, 0.15) is 11.3 Å². The van der Waals surface area contributed by atoms with Crippen molar-refractivity contribution >= 4 is 0 Å². The predicted molar refractivity (Wildman–Crippen MR) is 69.4 cm³/mol. The topological polar surface area (TPSA) is 60.2 Å². The molecule has 1 aliphatic heterocycles. The maximum Gasteiger partial charge on any atom is 0.159 e. The predicted octanol–water partition coefficient (Wildman–Crippen LogP) is 1.41. The molecule has 1 aromatic carbocycles. The molecule has 1 unspecified atom stereocenters. The molecule has 0 amide bonds. The van der Waals surface area contributed by atoms with Gasteiger partial charge < -0.3 is 9.84 Å². The Morgan fingerprint density at radius 3 is 2.90 bits per heavy atom. The first kappa shape index (κ1) is 14.1. The molecule has 3 rings (SSSR count). The van der Waals surface area contributed by atoms with Crippen molar-refractivity contribution in [2.45, 2.75) is 25.0 Å². The number of hydrogen-bond donors (Lipinski definition) is 1. The summed E-state index contributed by atoms with van der Waals surface area (Å²) in [6, 6.07) is 3.82. The first-order valence-corrected chi connectivity index (χ1v) is 6.71. The molecular weight excluding hydrogens is 280 g/mol. The summed E-state index contributed by atoms with van der Waals surface area (Å²) < 4.78 is 32.7. The summed E-state index contributed by atoms with van der Waals surface area (Å²) in [5, 5.41) is 18.2. The van der Waals surface area contributed by atoms with Gasteiger partial charge in [-0.05, 0) is 24.1 Å². The zero-order valence-electron chi connectivity index (χ0n) is 11.3. The van der Waals surface area contributed by atoms with E-state index in [-0.39, 0.29) is 6.61 Å². The minimum absolute atomic E-state index is 0.217. The van der Waals surface area contributed by atoms with Crippen LogP contribution in [-0.4, -0.2) is 33.3 Å². The molecule has 0 aliphatic carbocycles. The number of rotatable bonds is 4. The van der Waals surface area contributed by atoms with Crippen molar-refractivity contribution in [3.05, 3.63) is 47.3 Å². The molecule has 7 heteroatoms. The molecule has 0 spiro atoms. The van der Waals surface area contributed by atoms with Crippen LogP contribution in [0.1, 0.15) is 17.7 Å². The van der Waals surface area contributed by atoms with Gasteiger partial charge in [0.2, 0.25) is 0 Å². The summed E-state index contributed by atoms with van der Waals surface area (Å²) in [6.07, 6.45) is 2.65. The average molecular weight is 295 g/mol. The van der Waals surface area contributed by atoms with E-state index < -0.39 is 17.2 Å². The van der Waals surface area contributed by atoms with Crippen LogP contribution in [0, 0.1) is 11.6 Å². The fraction of sp³-hybridized carbons (Fsp3) is 0.429. The number of aryl methyl sites for hydroxylation is 2. The third-order valence-corrected chi connectivity index (χ3v) is 3.63. The van der Waals surface area contributed by atoms with Gasteiger partial charge in [-0.3, -0.25) is 4.68 Å². The molecule has 1 aromatic heterocycles. The molecule has 1 aliphatic rings. The number of nitrogens with zero attached hydrogens (tertiary/aromatic N) is 3. The highest BCUT2D eigenvalue weighted by Crippen LogP contribution is 2.28. The van der Waals surface area contributed by atoms with Crippen molar-refractivity contribution in [2.75, 3.05) is 13.2 Å². The van der Waals surface area contributed by atoms with Crippen LogP contribution in [0.4, 0.5) is 8.78 Å². The Bertz CT molecular complexity index is 639. The molecule has 0 radical (unpaired) electrons. The lowest BCUT2D eigenvalue weighted by molar-refractivity contribution is 0.0193. The van der Waals surface area contributed by atoms with Crippen LogP contribution in [0.2, 0.25) is 0 Å². The molecule has 1 saturated heterocycles. The molecule has 2 heterocycles. The van der Waals surface area contributed by atoms with Gasteiger partial charge in [-0.15, -0.1) is 5.10 Å². The van der Waals surface area contributed by atoms with Gasteiger partial charge in [0, 0.05) is 19.6 Å². The lowest BCUT2D eigenvalue weighted by atomic mass is 10.0. The van der Waals surface area contributed by atoms with E-state index in [1.54, 1.807) is 10.9 Å². The molecule has 2 aromatic rings. The van der Waals surface area contributed by atoms with E-state index in [9.17, 15) is 13.9 Å². The maximum absolute atomic E-state index is 13.1. The highest BCUT2D eigenvalue weighted by Gasteiger charge is 2.36. The van der Waals surface area contributed by atoms with Crippen LogP contribution in [0.25, 0.3) is 0 Å². The largest absolute Gasteiger partial charge is 0.381 e. The van der Waals surface area contributed by atoms with Gasteiger partial charge in [-0.25, -0.2) is 8.78 Å². The Hall–Kier alpha value is -1.86. The molecule has 21 heavy (non-hydrogen) atoms. The smallest absolute Gasteiger partial charge is 0.159 e. The van der Waals surface area contributed by atoms with Crippen molar-refractivity contribution in [2.24, 2.45) is 0 Å². The lowest BCUT2D eigenvalue weighted by Crippen LogP contribution is -2.26. The van der Waals surface area contributed by atoms with Gasteiger partial charge >= 0.3 is 0 Å². The summed E-state index contributed by atoms with van der Waals surface area (Å²) in [6.45, 7) is 1.18. The van der Waals surface area contributed by atoms with Crippen LogP contribution in [0.5, 0.6) is 0 Å². The molecule has 1 atom stereocenters. The molecule has 1 N–H and O–H groups in total. The minimum atomic E-state index is -1.07. The number of halogens is 2. The van der Waals surface area contributed by atoms with Crippen molar-refractivity contribution in [1.29, 1.82) is 0 Å². The lowest BCUT2D eigenvalue weighted by Gasteiger charge is -2.15. The Balaban J connectivity index is 1.66. The Morgan fingerprint density at radius 1 is 1.33 bits per heavy atom. The van der Waals surface area contributed by atoms with Gasteiger partial charge in [0.05, 0.1) is 12.8 Å². The van der Waals surface area contributed by atoms with Crippen LogP contribution in [-0.2, 0) is 23.3 Å². The maximum atomic E-state index is 13.1. The summed E-state index contributed by atoms with van der Waals surface area (Å²) >= 11 is 0. The van der Waals surface area contributed by atoms with Crippen LogP contribution >= 0.6 is 0 Å². The molecular formula is C14H15F2N3O2. The van der Waals surface area contributed by atoms with E-state index in [4.69, 9.17) is 4.74 Å². The van der Waals surface area contributed by atoms with E-state index in [2.05, 4.69) is 10.3 Å². The van der Waals surface area contributed by atoms with Gasteiger partial charge in [-0.1, -0.05) is 11.3 Å². The quantitative estimate of drug-likeness (QED) is 0.926. The summed E-state index contributed by atoms with van der Waals surface area (Å²) in [5.74, 6) is -1.71. The Kier molecular flexibility index (Phi) is 3.69. The van der Waals surface area contributed by atoms with Crippen molar-refractivity contribution in [1.82, 2.24) is 15.0 Å². The van der Waals surface area contributed by atoms with E-state index in [0.717, 1.165) is 6.07 Å². The first-order chi connectivity index (χ1) is 10.1. The zero-order chi connectivity index (χ0) is 14.9. The molecule has 0 saturated carbocycles. The third kappa shape index (κ3) is 2.93. The second kappa shape index (κ2) is 5.50. The summed E-state index contributed by atoms with van der Waals surface area (Å²) in [5.41, 5.74) is 0.0828. The number of ether oxygens (including phenoxy) is 1. The number of aliphatic hydroxyl groups is 1. The van der Waals surface area contributed by atoms with Crippen molar-refractivity contribution in [3.63, 3.8) is 0 Å². The fourth-order valence-corrected chi connectivity index (χ4v) is 2.32. The number of benzene rings is 1. The molecule has 1 fully saturated rings. The van der Waals surface area contributed by atoms with E-state index in [1.165, 1.54) is 12.1 Å². The fourth-order valence-electron chi connectivity index (χ4n) is 2.32. The van der Waals surface area contributed by atoms with Gasteiger partial charge in [-0.2, -0.15) is 0 Å². The van der Waals surface area contributed by atoms with Crippen molar-refractivity contribution in [3.8, 4) is 0 Å². The molecule has 5 nitrogen and oxygen atoms in total. The number of hydrogen-bond acceptors (Lipinski definition) is 4. The summed E-state index contributed by atoms with van der Waals surface area (Å²) in [7, 11) is 0. The minimum Gasteiger partial charge on any atom is -0.381 e. The Morgan fingerprint density at radius 2 is 2.19 bits per heavy atom. The van der Waals surface area contributed by atoms with Gasteiger partial charge in [0.25, 0.3) is 0 Å². The summed E-state index contributed by atoms with van der Waals surface area (Å²) in [4.78, 5) is 0. The van der Waals surface area contributed by atoms with Crippen LogP contribution in [0.3, 0.4) is 0 Å².